The summed E-state index contributed by atoms with van der Waals surface area (Å²) in [5.41, 5.74) is 2.24. The van der Waals surface area contributed by atoms with Crippen LogP contribution in [-0.2, 0) is 11.2 Å². The summed E-state index contributed by atoms with van der Waals surface area (Å²) in [6.07, 6.45) is 5.93. The van der Waals surface area contributed by atoms with E-state index in [1.807, 2.05) is 26.0 Å². The average molecular weight is 407 g/mol. The van der Waals surface area contributed by atoms with E-state index in [2.05, 4.69) is 29.0 Å². The number of thioether (sulfide) groups is 1. The first kappa shape index (κ1) is 21.3. The number of aromatic nitrogens is 1. The lowest BCUT2D eigenvalue weighted by molar-refractivity contribution is -0.133. The van der Waals surface area contributed by atoms with Crippen LogP contribution in [0, 0.1) is 0 Å². The van der Waals surface area contributed by atoms with E-state index < -0.39 is 5.97 Å². The molecule has 0 radical (unpaired) electrons. The van der Waals surface area contributed by atoms with E-state index in [0.29, 0.717) is 0 Å². The van der Waals surface area contributed by atoms with E-state index in [1.54, 1.807) is 6.20 Å². The van der Waals surface area contributed by atoms with Crippen LogP contribution in [-0.4, -0.2) is 27.9 Å². The number of rotatable bonds is 12. The number of aliphatic carboxylic acids is 1. The van der Waals surface area contributed by atoms with Crippen LogP contribution in [0.1, 0.15) is 38.7 Å². The van der Waals surface area contributed by atoms with E-state index in [9.17, 15) is 4.79 Å². The standard InChI is InChI=1S/C20H26N2O3S2/c1-14(2)25-17-10-8-16(9-11-17)7-5-4-6-15(3)22-20-21-12-19(27-20)26-13-18(23)24/h8-12,14H,3-7,13H2,1-2H3,(H,21,22)(H,23,24). The lowest BCUT2D eigenvalue weighted by Crippen LogP contribution is -2.05. The Labute approximate surface area is 168 Å². The number of nitrogens with one attached hydrogen (secondary N) is 1. The van der Waals surface area contributed by atoms with Crippen molar-refractivity contribution < 1.29 is 14.6 Å². The van der Waals surface area contributed by atoms with Gasteiger partial charge in [0.25, 0.3) is 0 Å². The van der Waals surface area contributed by atoms with Gasteiger partial charge in [-0.2, -0.15) is 0 Å². The van der Waals surface area contributed by atoms with E-state index in [1.165, 1.54) is 28.7 Å². The van der Waals surface area contributed by atoms with Crippen molar-refractivity contribution >= 4 is 34.2 Å². The molecule has 1 heterocycles. The Bertz CT molecular complexity index is 742. The molecule has 0 fully saturated rings. The summed E-state index contributed by atoms with van der Waals surface area (Å²) >= 11 is 2.73. The fourth-order valence-electron chi connectivity index (χ4n) is 2.40. The van der Waals surface area contributed by atoms with Crippen LogP contribution in [0.15, 0.2) is 46.9 Å². The molecule has 7 heteroatoms. The highest BCUT2D eigenvalue weighted by atomic mass is 32.2. The van der Waals surface area contributed by atoms with Crippen LogP contribution in [0.4, 0.5) is 5.13 Å². The summed E-state index contributed by atoms with van der Waals surface area (Å²) in [4.78, 5) is 14.9. The van der Waals surface area contributed by atoms with Crippen molar-refractivity contribution in [2.45, 2.75) is 49.8 Å². The van der Waals surface area contributed by atoms with Crippen molar-refractivity contribution in [2.75, 3.05) is 11.1 Å². The molecule has 2 aromatic rings. The zero-order chi connectivity index (χ0) is 19.6. The molecule has 146 valence electrons. The largest absolute Gasteiger partial charge is 0.491 e. The molecule has 0 saturated heterocycles. The minimum absolute atomic E-state index is 0.0488. The Hall–Kier alpha value is -1.99. The highest BCUT2D eigenvalue weighted by Gasteiger charge is 2.06. The van der Waals surface area contributed by atoms with E-state index in [0.717, 1.165) is 46.5 Å². The maximum Gasteiger partial charge on any atom is 0.313 e. The zero-order valence-electron chi connectivity index (χ0n) is 15.7. The molecule has 2 N–H and O–H groups in total. The SMILES string of the molecule is C=C(CCCCc1ccc(OC(C)C)cc1)Nc1ncc(SCC(=O)O)s1. The van der Waals surface area contributed by atoms with Gasteiger partial charge < -0.3 is 15.2 Å². The molecule has 0 spiro atoms. The van der Waals surface area contributed by atoms with Gasteiger partial charge in [0, 0.05) is 5.70 Å². The van der Waals surface area contributed by atoms with E-state index in [-0.39, 0.29) is 11.9 Å². The molecule has 1 aromatic heterocycles. The van der Waals surface area contributed by atoms with Gasteiger partial charge in [-0.3, -0.25) is 4.79 Å². The van der Waals surface area contributed by atoms with Gasteiger partial charge in [-0.15, -0.1) is 11.8 Å². The summed E-state index contributed by atoms with van der Waals surface area (Å²) in [5.74, 6) is 0.137. The minimum atomic E-state index is -0.825. The maximum atomic E-state index is 10.6. The van der Waals surface area contributed by atoms with Crippen molar-refractivity contribution in [3.8, 4) is 5.75 Å². The maximum absolute atomic E-state index is 10.6. The van der Waals surface area contributed by atoms with Crippen LogP contribution < -0.4 is 10.1 Å². The van der Waals surface area contributed by atoms with E-state index in [4.69, 9.17) is 9.84 Å². The Morgan fingerprint density at radius 2 is 2.07 bits per heavy atom. The number of nitrogens with zero attached hydrogens (tertiary/aromatic N) is 1. The summed E-state index contributed by atoms with van der Waals surface area (Å²) in [5, 5.41) is 12.7. The third-order valence-corrected chi connectivity index (χ3v) is 5.69. The van der Waals surface area contributed by atoms with Gasteiger partial charge in [0.05, 0.1) is 22.3 Å². The molecule has 2 rings (SSSR count). The molecule has 1 aromatic carbocycles. The quantitative estimate of drug-likeness (QED) is 0.361. The predicted octanol–water partition coefficient (Wildman–Crippen LogP) is 5.45. The van der Waals surface area contributed by atoms with E-state index >= 15 is 0 Å². The lowest BCUT2D eigenvalue weighted by atomic mass is 10.1. The van der Waals surface area contributed by atoms with Crippen molar-refractivity contribution in [1.82, 2.24) is 4.98 Å². The average Bonchev–Trinajstić information content (AvgIpc) is 3.05. The smallest absolute Gasteiger partial charge is 0.313 e. The number of ether oxygens (including phenoxy) is 1. The molecule has 0 unspecified atom stereocenters. The second-order valence-corrected chi connectivity index (χ2v) is 8.72. The number of aryl methyl sites for hydroxylation is 1. The summed E-state index contributed by atoms with van der Waals surface area (Å²) in [7, 11) is 0. The van der Waals surface area contributed by atoms with Gasteiger partial charge in [-0.25, -0.2) is 4.98 Å². The van der Waals surface area contributed by atoms with Crippen molar-refractivity contribution in [2.24, 2.45) is 0 Å². The first-order valence-electron chi connectivity index (χ1n) is 8.93. The Kier molecular flexibility index (Phi) is 8.67. The zero-order valence-corrected chi connectivity index (χ0v) is 17.4. The first-order chi connectivity index (χ1) is 12.9. The van der Waals surface area contributed by atoms with Gasteiger partial charge in [0.15, 0.2) is 5.13 Å². The van der Waals surface area contributed by atoms with Gasteiger partial charge in [0.1, 0.15) is 5.75 Å². The minimum Gasteiger partial charge on any atom is -0.491 e. The number of thiazole rings is 1. The highest BCUT2D eigenvalue weighted by Crippen LogP contribution is 2.29. The monoisotopic (exact) mass is 406 g/mol. The van der Waals surface area contributed by atoms with Crippen LogP contribution in [0.5, 0.6) is 5.75 Å². The first-order valence-corrected chi connectivity index (χ1v) is 10.7. The Morgan fingerprint density at radius 3 is 2.74 bits per heavy atom. The van der Waals surface area contributed by atoms with Crippen LogP contribution in [0.25, 0.3) is 0 Å². The fraction of sp³-hybridized carbons (Fsp3) is 0.400. The summed E-state index contributed by atoms with van der Waals surface area (Å²) < 4.78 is 6.54. The summed E-state index contributed by atoms with van der Waals surface area (Å²) in [6.45, 7) is 8.10. The van der Waals surface area contributed by atoms with Gasteiger partial charge in [0.2, 0.25) is 0 Å². The molecule has 27 heavy (non-hydrogen) atoms. The predicted molar refractivity (Wildman–Crippen MR) is 113 cm³/mol. The molecule has 0 saturated carbocycles. The molecule has 0 bridgehead atoms. The molecule has 0 aliphatic rings. The normalized spacial score (nSPS) is 10.8. The molecular formula is C20H26N2O3S2. The second kappa shape index (κ2) is 11.0. The number of hydrogen-bond acceptors (Lipinski definition) is 6. The number of carbonyl (C=O) groups is 1. The van der Waals surface area contributed by atoms with Crippen molar-refractivity contribution in [1.29, 1.82) is 0 Å². The topological polar surface area (TPSA) is 71.5 Å². The fourth-order valence-corrected chi connectivity index (χ4v) is 4.04. The van der Waals surface area contributed by atoms with Crippen LogP contribution in [0.2, 0.25) is 0 Å². The lowest BCUT2D eigenvalue weighted by Gasteiger charge is -2.10. The molecular weight excluding hydrogens is 380 g/mol. The number of carboxylic acid groups (broad SMARTS) is 1. The number of anilines is 1. The number of allylic oxidation sites excluding steroid dienone is 1. The number of benzene rings is 1. The second-order valence-electron chi connectivity index (χ2n) is 6.41. The van der Waals surface area contributed by atoms with Gasteiger partial charge in [-0.05, 0) is 57.2 Å². The van der Waals surface area contributed by atoms with Crippen molar-refractivity contribution in [3.05, 3.63) is 48.3 Å². The number of hydrogen-bond donors (Lipinski definition) is 2. The third-order valence-electron chi connectivity index (χ3n) is 3.60. The third kappa shape index (κ3) is 8.49. The number of unbranched alkanes of at least 4 members (excludes halogenated alkanes) is 1. The molecule has 5 nitrogen and oxygen atoms in total. The van der Waals surface area contributed by atoms with Crippen LogP contribution in [0.3, 0.4) is 0 Å². The van der Waals surface area contributed by atoms with Crippen LogP contribution >= 0.6 is 23.1 Å². The molecule has 0 atom stereocenters. The molecule has 0 amide bonds. The molecule has 0 aliphatic carbocycles. The number of carboxylic acids is 1. The molecule has 0 aliphatic heterocycles. The summed E-state index contributed by atoms with van der Waals surface area (Å²) in [6, 6.07) is 8.30. The van der Waals surface area contributed by atoms with Gasteiger partial charge >= 0.3 is 5.97 Å². The van der Waals surface area contributed by atoms with Crippen molar-refractivity contribution in [3.63, 3.8) is 0 Å². The Morgan fingerprint density at radius 1 is 1.33 bits per heavy atom. The highest BCUT2D eigenvalue weighted by molar-refractivity contribution is 8.01. The van der Waals surface area contributed by atoms with Gasteiger partial charge in [-0.1, -0.05) is 30.0 Å². The Balaban J connectivity index is 1.65.